The predicted molar refractivity (Wildman–Crippen MR) is 134 cm³/mol. The number of benzene rings is 3. The van der Waals surface area contributed by atoms with Gasteiger partial charge in [-0.2, -0.15) is 0 Å². The van der Waals surface area contributed by atoms with Crippen LogP contribution in [0.3, 0.4) is 0 Å². The van der Waals surface area contributed by atoms with Gasteiger partial charge in [-0.05, 0) is 54.3 Å². The predicted octanol–water partition coefficient (Wildman–Crippen LogP) is 6.32. The molecular weight excluding hydrogens is 432 g/mol. The fraction of sp³-hybridized carbons (Fsp3) is 0.148. The largest absolute Gasteiger partial charge is 0.269 e. The quantitative estimate of drug-likeness (QED) is 0.319. The Morgan fingerprint density at radius 1 is 0.909 bits per heavy atom. The normalized spacial score (nSPS) is 11.4. The molecule has 2 aromatic heterocycles. The Kier molecular flexibility index (Phi) is 5.35. The lowest BCUT2D eigenvalue weighted by Crippen LogP contribution is -2.21. The summed E-state index contributed by atoms with van der Waals surface area (Å²) in [6, 6.07) is 23.4. The van der Waals surface area contributed by atoms with E-state index in [0.29, 0.717) is 33.5 Å². The fourth-order valence-electron chi connectivity index (χ4n) is 3.90. The Morgan fingerprint density at radius 3 is 2.30 bits per heavy atom. The molecule has 0 saturated carbocycles. The van der Waals surface area contributed by atoms with Crippen molar-refractivity contribution in [1.82, 2.24) is 19.3 Å². The summed E-state index contributed by atoms with van der Waals surface area (Å²) in [5.74, 6) is 0.958. The van der Waals surface area contributed by atoms with Crippen molar-refractivity contribution in [2.75, 3.05) is 0 Å². The molecule has 0 amide bonds. The lowest BCUT2D eigenvalue weighted by atomic mass is 10.0. The van der Waals surface area contributed by atoms with E-state index in [2.05, 4.69) is 31.1 Å². The molecule has 0 unspecified atom stereocenters. The number of para-hydroxylation sites is 1. The minimum atomic E-state index is -0.174. The molecule has 5 aromatic rings. The zero-order chi connectivity index (χ0) is 23.1. The van der Waals surface area contributed by atoms with Crippen molar-refractivity contribution in [3.63, 3.8) is 0 Å². The van der Waals surface area contributed by atoms with Crippen molar-refractivity contribution in [1.29, 1.82) is 0 Å². The smallest absolute Gasteiger partial charge is 0.268 e. The van der Waals surface area contributed by atoms with Crippen molar-refractivity contribution in [3.8, 4) is 22.8 Å². The second-order valence-electron chi connectivity index (χ2n) is 8.43. The van der Waals surface area contributed by atoms with E-state index >= 15 is 0 Å². The Labute approximate surface area is 196 Å². The van der Waals surface area contributed by atoms with Gasteiger partial charge in [-0.3, -0.25) is 9.36 Å². The SMILES string of the molecule is Cc1cc(-n2c(-c3ccc(C(C)C)cc3)nc3nn(-c4ccccc4)cc3c2=O)ccc1Cl. The first kappa shape index (κ1) is 21.2. The number of halogens is 1. The Balaban J connectivity index is 1.79. The van der Waals surface area contributed by atoms with Gasteiger partial charge in [-0.15, -0.1) is 5.10 Å². The molecule has 0 fully saturated rings. The first-order valence-electron chi connectivity index (χ1n) is 10.9. The molecule has 0 saturated heterocycles. The number of hydrogen-bond donors (Lipinski definition) is 0. The summed E-state index contributed by atoms with van der Waals surface area (Å²) in [4.78, 5) is 18.6. The van der Waals surface area contributed by atoms with E-state index in [-0.39, 0.29) is 5.56 Å². The van der Waals surface area contributed by atoms with Gasteiger partial charge in [0, 0.05) is 16.8 Å². The van der Waals surface area contributed by atoms with E-state index < -0.39 is 0 Å². The third-order valence-corrected chi connectivity index (χ3v) is 6.23. The third kappa shape index (κ3) is 3.85. The minimum absolute atomic E-state index is 0.174. The maximum atomic E-state index is 13.8. The minimum Gasteiger partial charge on any atom is -0.268 e. The highest BCUT2D eigenvalue weighted by molar-refractivity contribution is 6.31. The van der Waals surface area contributed by atoms with Crippen molar-refractivity contribution in [2.45, 2.75) is 26.7 Å². The van der Waals surface area contributed by atoms with Gasteiger partial charge in [0.25, 0.3) is 5.56 Å². The molecule has 0 bridgehead atoms. The van der Waals surface area contributed by atoms with Gasteiger partial charge in [0.05, 0.1) is 11.4 Å². The molecule has 0 spiro atoms. The second kappa shape index (κ2) is 8.34. The van der Waals surface area contributed by atoms with Crippen LogP contribution in [0.1, 0.15) is 30.9 Å². The monoisotopic (exact) mass is 454 g/mol. The van der Waals surface area contributed by atoms with E-state index in [4.69, 9.17) is 16.6 Å². The van der Waals surface area contributed by atoms with Gasteiger partial charge < -0.3 is 0 Å². The molecule has 0 atom stereocenters. The molecule has 0 aliphatic rings. The third-order valence-electron chi connectivity index (χ3n) is 5.81. The van der Waals surface area contributed by atoms with Crippen LogP contribution in [-0.4, -0.2) is 19.3 Å². The average molecular weight is 455 g/mol. The molecule has 164 valence electrons. The number of aromatic nitrogens is 4. The van der Waals surface area contributed by atoms with Crippen LogP contribution in [0, 0.1) is 6.92 Å². The molecular formula is C27H23ClN4O. The molecule has 5 rings (SSSR count). The molecule has 6 heteroatoms. The van der Waals surface area contributed by atoms with Crippen LogP contribution in [0.4, 0.5) is 0 Å². The van der Waals surface area contributed by atoms with Gasteiger partial charge in [0.2, 0.25) is 0 Å². The fourth-order valence-corrected chi connectivity index (χ4v) is 4.01. The van der Waals surface area contributed by atoms with Gasteiger partial charge in [0.15, 0.2) is 5.65 Å². The van der Waals surface area contributed by atoms with E-state index in [0.717, 1.165) is 16.8 Å². The summed E-state index contributed by atoms with van der Waals surface area (Å²) in [6.07, 6.45) is 1.74. The number of nitrogens with zero attached hydrogens (tertiary/aromatic N) is 4. The highest BCUT2D eigenvalue weighted by Crippen LogP contribution is 2.26. The number of rotatable bonds is 4. The van der Waals surface area contributed by atoms with Crippen LogP contribution in [-0.2, 0) is 0 Å². The topological polar surface area (TPSA) is 52.7 Å². The summed E-state index contributed by atoms with van der Waals surface area (Å²) < 4.78 is 3.34. The van der Waals surface area contributed by atoms with Crippen molar-refractivity contribution in [3.05, 3.63) is 105 Å². The molecule has 0 N–H and O–H groups in total. The van der Waals surface area contributed by atoms with Gasteiger partial charge in [-0.25, -0.2) is 9.67 Å². The molecule has 0 aliphatic carbocycles. The summed E-state index contributed by atoms with van der Waals surface area (Å²) in [5, 5.41) is 5.72. The standard InChI is InChI=1S/C27H23ClN4O/c1-17(2)19-9-11-20(12-10-19)26-29-25-23(16-31(30-25)21-7-5-4-6-8-21)27(33)32(26)22-13-14-24(28)18(3)15-22/h4-17H,1-3H3. The van der Waals surface area contributed by atoms with Gasteiger partial charge in [0.1, 0.15) is 11.2 Å². The van der Waals surface area contributed by atoms with Crippen LogP contribution < -0.4 is 5.56 Å². The molecule has 33 heavy (non-hydrogen) atoms. The van der Waals surface area contributed by atoms with E-state index in [1.165, 1.54) is 5.56 Å². The van der Waals surface area contributed by atoms with Crippen molar-refractivity contribution >= 4 is 22.6 Å². The maximum absolute atomic E-state index is 13.8. The van der Waals surface area contributed by atoms with Crippen LogP contribution in [0.15, 0.2) is 83.8 Å². The molecule has 5 nitrogen and oxygen atoms in total. The highest BCUT2D eigenvalue weighted by atomic mass is 35.5. The summed E-state index contributed by atoms with van der Waals surface area (Å²) >= 11 is 6.26. The maximum Gasteiger partial charge on any atom is 0.269 e. The molecule has 0 aliphatic heterocycles. The zero-order valence-corrected chi connectivity index (χ0v) is 19.4. The summed E-state index contributed by atoms with van der Waals surface area (Å²) in [7, 11) is 0. The first-order chi connectivity index (χ1) is 15.9. The first-order valence-corrected chi connectivity index (χ1v) is 11.2. The lowest BCUT2D eigenvalue weighted by Gasteiger charge is -2.14. The lowest BCUT2D eigenvalue weighted by molar-refractivity contribution is 0.866. The number of fused-ring (bicyclic) bond motifs is 1. The van der Waals surface area contributed by atoms with E-state index in [1.807, 2.05) is 67.6 Å². The van der Waals surface area contributed by atoms with Gasteiger partial charge >= 0.3 is 0 Å². The van der Waals surface area contributed by atoms with E-state index in [1.54, 1.807) is 15.4 Å². The average Bonchev–Trinajstić information content (AvgIpc) is 3.26. The second-order valence-corrected chi connectivity index (χ2v) is 8.84. The Bertz CT molecular complexity index is 1520. The Morgan fingerprint density at radius 2 is 1.64 bits per heavy atom. The number of hydrogen-bond acceptors (Lipinski definition) is 3. The van der Waals surface area contributed by atoms with Crippen LogP contribution in [0.2, 0.25) is 5.02 Å². The van der Waals surface area contributed by atoms with Gasteiger partial charge in [-0.1, -0.05) is 67.9 Å². The van der Waals surface area contributed by atoms with E-state index in [9.17, 15) is 4.79 Å². The molecule has 2 heterocycles. The summed E-state index contributed by atoms with van der Waals surface area (Å²) in [6.45, 7) is 6.23. The Hall–Kier alpha value is -3.70. The zero-order valence-electron chi connectivity index (χ0n) is 18.7. The van der Waals surface area contributed by atoms with Crippen LogP contribution in [0.5, 0.6) is 0 Å². The highest BCUT2D eigenvalue weighted by Gasteiger charge is 2.18. The number of aryl methyl sites for hydroxylation is 1. The van der Waals surface area contributed by atoms with Crippen molar-refractivity contribution < 1.29 is 0 Å². The molecule has 0 radical (unpaired) electrons. The summed E-state index contributed by atoms with van der Waals surface area (Å²) in [5.41, 5.74) is 4.78. The molecule has 3 aromatic carbocycles. The van der Waals surface area contributed by atoms with Crippen LogP contribution >= 0.6 is 11.6 Å². The van der Waals surface area contributed by atoms with Crippen LogP contribution in [0.25, 0.3) is 33.8 Å². The van der Waals surface area contributed by atoms with Crippen molar-refractivity contribution in [2.24, 2.45) is 0 Å².